The first kappa shape index (κ1) is 15.1. The molecule has 0 spiro atoms. The summed E-state index contributed by atoms with van der Waals surface area (Å²) < 4.78 is 32.0. The first-order valence-corrected chi connectivity index (χ1v) is 8.17. The number of hydrogen-bond acceptors (Lipinski definition) is 5. The van der Waals surface area contributed by atoms with E-state index in [1.807, 2.05) is 0 Å². The Kier molecular flexibility index (Phi) is 4.85. The fourth-order valence-electron chi connectivity index (χ4n) is 2.29. The molecule has 0 unspecified atom stereocenters. The molecule has 0 saturated carbocycles. The number of rotatable bonds is 6. The summed E-state index contributed by atoms with van der Waals surface area (Å²) in [4.78, 5) is 2.43. The largest absolute Gasteiger partial charge is 0.495 e. The molecular formula is C13H21N3O3S. The van der Waals surface area contributed by atoms with Gasteiger partial charge in [0, 0.05) is 19.2 Å². The molecule has 20 heavy (non-hydrogen) atoms. The second-order valence-electron chi connectivity index (χ2n) is 4.85. The van der Waals surface area contributed by atoms with Crippen LogP contribution in [0.3, 0.4) is 0 Å². The lowest BCUT2D eigenvalue weighted by Crippen LogP contribution is -2.33. The Morgan fingerprint density at radius 1 is 1.35 bits per heavy atom. The number of anilines is 1. The Hall–Kier alpha value is -1.31. The maximum absolute atomic E-state index is 12.2. The van der Waals surface area contributed by atoms with Crippen molar-refractivity contribution in [3.8, 4) is 5.75 Å². The van der Waals surface area contributed by atoms with Gasteiger partial charge in [-0.2, -0.15) is 0 Å². The van der Waals surface area contributed by atoms with E-state index in [1.165, 1.54) is 38.2 Å². The number of nitrogen functional groups attached to an aromatic ring is 1. The molecule has 1 fully saturated rings. The lowest BCUT2D eigenvalue weighted by Gasteiger charge is -2.15. The smallest absolute Gasteiger partial charge is 0.240 e. The minimum absolute atomic E-state index is 0.171. The number of methoxy groups -OCH3 is 1. The van der Waals surface area contributed by atoms with Gasteiger partial charge in [-0.1, -0.05) is 0 Å². The quantitative estimate of drug-likeness (QED) is 0.754. The molecule has 1 aliphatic rings. The summed E-state index contributed by atoms with van der Waals surface area (Å²) in [7, 11) is -2.05. The molecule has 0 radical (unpaired) electrons. The average Bonchev–Trinajstić information content (AvgIpc) is 2.92. The summed E-state index contributed by atoms with van der Waals surface area (Å²) in [6.07, 6.45) is 2.39. The number of nitrogens with two attached hydrogens (primary N) is 1. The Morgan fingerprint density at radius 3 is 2.70 bits per heavy atom. The molecule has 0 atom stereocenters. The number of likely N-dealkylation sites (tertiary alicyclic amines) is 1. The van der Waals surface area contributed by atoms with Gasteiger partial charge in [0.1, 0.15) is 5.75 Å². The topological polar surface area (TPSA) is 84.7 Å². The van der Waals surface area contributed by atoms with Crippen LogP contribution in [0.25, 0.3) is 0 Å². The van der Waals surface area contributed by atoms with Gasteiger partial charge in [0.25, 0.3) is 0 Å². The van der Waals surface area contributed by atoms with Crippen molar-refractivity contribution in [1.82, 2.24) is 9.62 Å². The summed E-state index contributed by atoms with van der Waals surface area (Å²) in [6, 6.07) is 4.46. The highest BCUT2D eigenvalue weighted by molar-refractivity contribution is 7.89. The van der Waals surface area contributed by atoms with Crippen LogP contribution in [0, 0.1) is 0 Å². The lowest BCUT2D eigenvalue weighted by atomic mass is 10.3. The van der Waals surface area contributed by atoms with Crippen LogP contribution in [0.15, 0.2) is 23.1 Å². The van der Waals surface area contributed by atoms with Gasteiger partial charge in [-0.3, -0.25) is 0 Å². The fraction of sp³-hybridized carbons (Fsp3) is 0.538. The van der Waals surface area contributed by atoms with E-state index in [4.69, 9.17) is 10.5 Å². The number of benzene rings is 1. The normalized spacial score (nSPS) is 16.4. The lowest BCUT2D eigenvalue weighted by molar-refractivity contribution is 0.344. The zero-order valence-electron chi connectivity index (χ0n) is 11.6. The number of sulfonamides is 1. The zero-order valence-corrected chi connectivity index (χ0v) is 12.4. The third-order valence-electron chi connectivity index (χ3n) is 3.43. The first-order chi connectivity index (χ1) is 9.53. The van der Waals surface area contributed by atoms with Crippen molar-refractivity contribution < 1.29 is 13.2 Å². The van der Waals surface area contributed by atoms with Gasteiger partial charge < -0.3 is 15.4 Å². The Morgan fingerprint density at radius 2 is 2.05 bits per heavy atom. The van der Waals surface area contributed by atoms with Crippen molar-refractivity contribution in [2.45, 2.75) is 17.7 Å². The van der Waals surface area contributed by atoms with E-state index in [-0.39, 0.29) is 4.90 Å². The van der Waals surface area contributed by atoms with Crippen molar-refractivity contribution >= 4 is 15.7 Å². The van der Waals surface area contributed by atoms with Crippen molar-refractivity contribution in [3.05, 3.63) is 18.2 Å². The van der Waals surface area contributed by atoms with Crippen molar-refractivity contribution in [3.63, 3.8) is 0 Å². The van der Waals surface area contributed by atoms with Gasteiger partial charge >= 0.3 is 0 Å². The van der Waals surface area contributed by atoms with Crippen LogP contribution in [0.2, 0.25) is 0 Å². The van der Waals surface area contributed by atoms with Crippen LogP contribution in [-0.2, 0) is 10.0 Å². The van der Waals surface area contributed by atoms with Crippen LogP contribution >= 0.6 is 0 Å². The van der Waals surface area contributed by atoms with Crippen LogP contribution in [0.5, 0.6) is 5.75 Å². The molecule has 1 aliphatic heterocycles. The number of ether oxygens (including phenoxy) is 1. The van der Waals surface area contributed by atoms with E-state index < -0.39 is 10.0 Å². The third kappa shape index (κ3) is 3.62. The summed E-state index contributed by atoms with van der Waals surface area (Å²) in [5, 5.41) is 0. The molecule has 0 amide bonds. The second-order valence-corrected chi connectivity index (χ2v) is 6.62. The Bertz CT molecular complexity index is 554. The van der Waals surface area contributed by atoms with E-state index in [2.05, 4.69) is 9.62 Å². The highest BCUT2D eigenvalue weighted by Crippen LogP contribution is 2.24. The van der Waals surface area contributed by atoms with Gasteiger partial charge in [-0.25, -0.2) is 13.1 Å². The van der Waals surface area contributed by atoms with E-state index >= 15 is 0 Å². The highest BCUT2D eigenvalue weighted by atomic mass is 32.2. The molecule has 3 N–H and O–H groups in total. The first-order valence-electron chi connectivity index (χ1n) is 6.68. The molecule has 1 aromatic rings. The third-order valence-corrected chi connectivity index (χ3v) is 4.89. The van der Waals surface area contributed by atoms with E-state index in [0.29, 0.717) is 18.0 Å². The standard InChI is InChI=1S/C13H21N3O3S/c1-19-13-10-11(4-5-12(13)14)20(17,18)15-6-9-16-7-2-3-8-16/h4-5,10,15H,2-3,6-9,14H2,1H3. The minimum atomic E-state index is -3.51. The van der Waals surface area contributed by atoms with Crippen molar-refractivity contribution in [2.24, 2.45) is 0 Å². The predicted octanol–water partition coefficient (Wildman–Crippen LogP) is 0.652. The maximum Gasteiger partial charge on any atom is 0.240 e. The fourth-order valence-corrected chi connectivity index (χ4v) is 3.32. The minimum Gasteiger partial charge on any atom is -0.495 e. The summed E-state index contributed by atoms with van der Waals surface area (Å²) in [5.74, 6) is 0.368. The van der Waals surface area contributed by atoms with Crippen LogP contribution in [0.1, 0.15) is 12.8 Å². The SMILES string of the molecule is COc1cc(S(=O)(=O)NCCN2CCCC2)ccc1N. The number of hydrogen-bond donors (Lipinski definition) is 2. The average molecular weight is 299 g/mol. The molecule has 1 saturated heterocycles. The van der Waals surface area contributed by atoms with Crippen LogP contribution < -0.4 is 15.2 Å². The molecule has 1 heterocycles. The highest BCUT2D eigenvalue weighted by Gasteiger charge is 2.17. The zero-order chi connectivity index (χ0) is 14.6. The summed E-state index contributed by atoms with van der Waals surface area (Å²) >= 11 is 0. The van der Waals surface area contributed by atoms with Gasteiger partial charge in [0.05, 0.1) is 17.7 Å². The second kappa shape index (κ2) is 6.43. The predicted molar refractivity (Wildman–Crippen MR) is 78.3 cm³/mol. The molecule has 1 aromatic carbocycles. The van der Waals surface area contributed by atoms with Gasteiger partial charge in [-0.05, 0) is 38.1 Å². The van der Waals surface area contributed by atoms with Crippen molar-refractivity contribution in [2.75, 3.05) is 39.0 Å². The van der Waals surface area contributed by atoms with Gasteiger partial charge in [0.2, 0.25) is 10.0 Å². The van der Waals surface area contributed by atoms with E-state index in [0.717, 1.165) is 19.6 Å². The maximum atomic E-state index is 12.2. The van der Waals surface area contributed by atoms with Gasteiger partial charge in [-0.15, -0.1) is 0 Å². The molecule has 0 bridgehead atoms. The Labute approximate surface area is 120 Å². The monoisotopic (exact) mass is 299 g/mol. The Balaban J connectivity index is 1.98. The molecule has 2 rings (SSSR count). The number of nitrogens with zero attached hydrogens (tertiary/aromatic N) is 1. The molecule has 0 aromatic heterocycles. The summed E-state index contributed by atoms with van der Waals surface area (Å²) in [6.45, 7) is 3.26. The van der Waals surface area contributed by atoms with Crippen LogP contribution in [-0.4, -0.2) is 46.6 Å². The summed E-state index contributed by atoms with van der Waals surface area (Å²) in [5.41, 5.74) is 6.10. The number of nitrogens with one attached hydrogen (secondary N) is 1. The van der Waals surface area contributed by atoms with Crippen molar-refractivity contribution in [1.29, 1.82) is 0 Å². The molecule has 112 valence electrons. The van der Waals surface area contributed by atoms with Gasteiger partial charge in [0.15, 0.2) is 0 Å². The van der Waals surface area contributed by atoms with E-state index in [9.17, 15) is 8.42 Å². The van der Waals surface area contributed by atoms with E-state index in [1.54, 1.807) is 0 Å². The molecule has 6 nitrogen and oxygen atoms in total. The van der Waals surface area contributed by atoms with Crippen LogP contribution in [0.4, 0.5) is 5.69 Å². The molecular weight excluding hydrogens is 278 g/mol. The molecule has 7 heteroatoms. The molecule has 0 aliphatic carbocycles.